The molecule has 1 amide bonds. The molecule has 1 fully saturated rings. The number of halogens is 1. The number of carbonyl (C=O) groups excluding carboxylic acids is 1. The van der Waals surface area contributed by atoms with Crippen LogP contribution in [0.15, 0.2) is 24.3 Å². The van der Waals surface area contributed by atoms with E-state index in [-0.39, 0.29) is 18.4 Å². The number of hydrogen-bond acceptors (Lipinski definition) is 2. The van der Waals surface area contributed by atoms with Crippen molar-refractivity contribution in [3.8, 4) is 0 Å². The number of carboxylic acids is 1. The zero-order valence-electron chi connectivity index (χ0n) is 11.8. The Morgan fingerprint density at radius 3 is 2.38 bits per heavy atom. The van der Waals surface area contributed by atoms with Gasteiger partial charge in [0.2, 0.25) is 5.91 Å². The van der Waals surface area contributed by atoms with Crippen LogP contribution in [-0.4, -0.2) is 17.0 Å². The van der Waals surface area contributed by atoms with Gasteiger partial charge < -0.3 is 10.4 Å². The van der Waals surface area contributed by atoms with E-state index in [4.69, 9.17) is 16.7 Å². The van der Waals surface area contributed by atoms with E-state index in [1.807, 2.05) is 24.3 Å². The fraction of sp³-hybridized carbons (Fsp3) is 0.500. The second kappa shape index (κ2) is 7.46. The summed E-state index contributed by atoms with van der Waals surface area (Å²) in [4.78, 5) is 22.4. The molecule has 0 aromatic heterocycles. The maximum Gasteiger partial charge on any atom is 0.303 e. The summed E-state index contributed by atoms with van der Waals surface area (Å²) in [7, 11) is 0. The van der Waals surface area contributed by atoms with E-state index < -0.39 is 5.97 Å². The number of hydrogen-bond donors (Lipinski definition) is 2. The highest BCUT2D eigenvalue weighted by Crippen LogP contribution is 2.41. The maximum atomic E-state index is 12.0. The van der Waals surface area contributed by atoms with Crippen molar-refractivity contribution in [1.82, 2.24) is 5.32 Å². The van der Waals surface area contributed by atoms with Crippen molar-refractivity contribution in [2.75, 3.05) is 0 Å². The van der Waals surface area contributed by atoms with Crippen LogP contribution in [-0.2, 0) is 9.59 Å². The molecule has 1 aromatic carbocycles. The molecule has 0 radical (unpaired) electrons. The van der Waals surface area contributed by atoms with Crippen LogP contribution in [0, 0.1) is 5.92 Å². The van der Waals surface area contributed by atoms with Crippen molar-refractivity contribution in [3.05, 3.63) is 34.9 Å². The normalized spacial score (nSPS) is 15.5. The Morgan fingerprint density at radius 2 is 1.81 bits per heavy atom. The van der Waals surface area contributed by atoms with Gasteiger partial charge in [-0.25, -0.2) is 0 Å². The van der Waals surface area contributed by atoms with Gasteiger partial charge in [-0.05, 0) is 49.3 Å². The summed E-state index contributed by atoms with van der Waals surface area (Å²) in [5.41, 5.74) is 1.08. The highest BCUT2D eigenvalue weighted by molar-refractivity contribution is 6.30. The van der Waals surface area contributed by atoms with Gasteiger partial charge in [0.25, 0.3) is 0 Å². The zero-order valence-corrected chi connectivity index (χ0v) is 12.6. The Balaban J connectivity index is 1.84. The van der Waals surface area contributed by atoms with Crippen LogP contribution in [0.1, 0.15) is 50.1 Å². The number of benzene rings is 1. The molecule has 0 aliphatic heterocycles. The third-order valence-corrected chi connectivity index (χ3v) is 3.94. The zero-order chi connectivity index (χ0) is 15.2. The minimum Gasteiger partial charge on any atom is -0.481 e. The molecule has 114 valence electrons. The molecule has 0 spiro atoms. The van der Waals surface area contributed by atoms with Crippen LogP contribution in [0.5, 0.6) is 0 Å². The predicted molar refractivity (Wildman–Crippen MR) is 81.2 cm³/mol. The van der Waals surface area contributed by atoms with E-state index >= 15 is 0 Å². The van der Waals surface area contributed by atoms with E-state index in [1.54, 1.807) is 0 Å². The first-order chi connectivity index (χ1) is 10.1. The second-order valence-corrected chi connectivity index (χ2v) is 5.97. The van der Waals surface area contributed by atoms with E-state index in [2.05, 4.69) is 5.32 Å². The molecule has 21 heavy (non-hydrogen) atoms. The number of unbranched alkanes of at least 4 members (excludes halogenated alkanes) is 1. The number of aliphatic carboxylic acids is 1. The Kier molecular flexibility index (Phi) is 5.62. The SMILES string of the molecule is O=C(O)CCCCC(=O)NC(c1ccc(Cl)cc1)C1CC1. The number of carbonyl (C=O) groups is 2. The average Bonchev–Trinajstić information content (AvgIpc) is 3.26. The molecule has 1 saturated carbocycles. The first-order valence-electron chi connectivity index (χ1n) is 7.33. The molecule has 4 nitrogen and oxygen atoms in total. The molecule has 1 unspecified atom stereocenters. The van der Waals surface area contributed by atoms with Gasteiger partial charge >= 0.3 is 5.97 Å². The van der Waals surface area contributed by atoms with Crippen LogP contribution in [0.25, 0.3) is 0 Å². The molecule has 1 aliphatic rings. The molecule has 2 rings (SSSR count). The van der Waals surface area contributed by atoms with Crippen LogP contribution in [0.4, 0.5) is 0 Å². The lowest BCUT2D eigenvalue weighted by atomic mass is 10.0. The van der Waals surface area contributed by atoms with Crippen molar-refractivity contribution >= 4 is 23.5 Å². The minimum atomic E-state index is -0.813. The van der Waals surface area contributed by atoms with Crippen molar-refractivity contribution in [3.63, 3.8) is 0 Å². The van der Waals surface area contributed by atoms with Crippen molar-refractivity contribution in [2.45, 2.75) is 44.6 Å². The molecule has 0 heterocycles. The number of carboxylic acid groups (broad SMARTS) is 1. The summed E-state index contributed by atoms with van der Waals surface area (Å²) in [5.74, 6) is -0.311. The van der Waals surface area contributed by atoms with Gasteiger partial charge in [-0.1, -0.05) is 23.7 Å². The van der Waals surface area contributed by atoms with Gasteiger partial charge in [-0.15, -0.1) is 0 Å². The lowest BCUT2D eigenvalue weighted by Gasteiger charge is -2.19. The van der Waals surface area contributed by atoms with Gasteiger partial charge in [-0.3, -0.25) is 9.59 Å². The fourth-order valence-electron chi connectivity index (χ4n) is 2.38. The summed E-state index contributed by atoms with van der Waals surface area (Å²) < 4.78 is 0. The quantitative estimate of drug-likeness (QED) is 0.722. The van der Waals surface area contributed by atoms with Gasteiger partial charge in [0.05, 0.1) is 6.04 Å². The van der Waals surface area contributed by atoms with Gasteiger partial charge in [0.1, 0.15) is 0 Å². The number of nitrogens with one attached hydrogen (secondary N) is 1. The monoisotopic (exact) mass is 309 g/mol. The van der Waals surface area contributed by atoms with Crippen LogP contribution >= 0.6 is 11.6 Å². The lowest BCUT2D eigenvalue weighted by Crippen LogP contribution is -2.29. The first kappa shape index (κ1) is 15.8. The molecule has 1 aromatic rings. The molecule has 5 heteroatoms. The van der Waals surface area contributed by atoms with Crippen molar-refractivity contribution < 1.29 is 14.7 Å². The maximum absolute atomic E-state index is 12.0. The highest BCUT2D eigenvalue weighted by Gasteiger charge is 2.33. The standard InChI is InChI=1S/C16H20ClNO3/c17-13-9-7-12(8-10-13)16(11-5-6-11)18-14(19)3-1-2-4-15(20)21/h7-11,16H,1-6H2,(H,18,19)(H,20,21). The van der Waals surface area contributed by atoms with E-state index in [1.165, 1.54) is 0 Å². The van der Waals surface area contributed by atoms with E-state index in [9.17, 15) is 9.59 Å². The molecular weight excluding hydrogens is 290 g/mol. The lowest BCUT2D eigenvalue weighted by molar-refractivity contribution is -0.137. The molecule has 1 aliphatic carbocycles. The summed E-state index contributed by atoms with van der Waals surface area (Å²) >= 11 is 5.89. The Morgan fingerprint density at radius 1 is 1.19 bits per heavy atom. The van der Waals surface area contributed by atoms with Gasteiger partial charge in [-0.2, -0.15) is 0 Å². The van der Waals surface area contributed by atoms with Crippen LogP contribution in [0.3, 0.4) is 0 Å². The molecule has 2 N–H and O–H groups in total. The topological polar surface area (TPSA) is 66.4 Å². The molecule has 1 atom stereocenters. The Labute approximate surface area is 129 Å². The van der Waals surface area contributed by atoms with Crippen molar-refractivity contribution in [1.29, 1.82) is 0 Å². The average molecular weight is 310 g/mol. The summed E-state index contributed by atoms with van der Waals surface area (Å²) in [5, 5.41) is 12.3. The summed E-state index contributed by atoms with van der Waals surface area (Å²) in [6.07, 6.45) is 3.91. The smallest absolute Gasteiger partial charge is 0.303 e. The Bertz CT molecular complexity index is 497. The summed E-state index contributed by atoms with van der Waals surface area (Å²) in [6, 6.07) is 7.64. The Hall–Kier alpha value is -1.55. The highest BCUT2D eigenvalue weighted by atomic mass is 35.5. The summed E-state index contributed by atoms with van der Waals surface area (Å²) in [6.45, 7) is 0. The van der Waals surface area contributed by atoms with Gasteiger partial charge in [0.15, 0.2) is 0 Å². The van der Waals surface area contributed by atoms with Crippen molar-refractivity contribution in [2.24, 2.45) is 5.92 Å². The first-order valence-corrected chi connectivity index (χ1v) is 7.70. The van der Waals surface area contributed by atoms with E-state index in [0.29, 0.717) is 30.2 Å². The minimum absolute atomic E-state index is 0.00719. The second-order valence-electron chi connectivity index (χ2n) is 5.54. The molecular formula is C16H20ClNO3. The third-order valence-electron chi connectivity index (χ3n) is 3.68. The fourth-order valence-corrected chi connectivity index (χ4v) is 2.51. The van der Waals surface area contributed by atoms with E-state index in [0.717, 1.165) is 18.4 Å². The number of amides is 1. The third kappa shape index (κ3) is 5.38. The van der Waals surface area contributed by atoms with Crippen LogP contribution < -0.4 is 5.32 Å². The van der Waals surface area contributed by atoms with Crippen LogP contribution in [0.2, 0.25) is 5.02 Å². The largest absolute Gasteiger partial charge is 0.481 e. The molecule has 0 bridgehead atoms. The number of rotatable bonds is 8. The predicted octanol–water partition coefficient (Wildman–Crippen LogP) is 3.55. The molecule has 0 saturated heterocycles. The van der Waals surface area contributed by atoms with Gasteiger partial charge in [0, 0.05) is 17.9 Å².